The van der Waals surface area contributed by atoms with Crippen LogP contribution in [0, 0.1) is 22.2 Å². The van der Waals surface area contributed by atoms with Crippen LogP contribution >= 0.6 is 0 Å². The minimum Gasteiger partial charge on any atom is -0.335 e. The van der Waals surface area contributed by atoms with Crippen molar-refractivity contribution in [2.45, 2.75) is 57.9 Å². The molecule has 1 aliphatic heterocycles. The average Bonchev–Trinajstić information content (AvgIpc) is 2.97. The van der Waals surface area contributed by atoms with Crippen molar-refractivity contribution in [3.05, 3.63) is 35.9 Å². The van der Waals surface area contributed by atoms with Gasteiger partial charge in [0.15, 0.2) is 5.78 Å². The van der Waals surface area contributed by atoms with E-state index >= 15 is 0 Å². The molecular formula is C24H33N3O2. The minimum absolute atomic E-state index is 0.00954. The van der Waals surface area contributed by atoms with Gasteiger partial charge in [0.1, 0.15) is 0 Å². The zero-order chi connectivity index (χ0) is 21.3. The highest BCUT2D eigenvalue weighted by Gasteiger charge is 2.50. The number of benzene rings is 1. The van der Waals surface area contributed by atoms with Gasteiger partial charge in [0.05, 0.1) is 18.0 Å². The molecule has 0 atom stereocenters. The number of amides is 1. The maximum atomic E-state index is 12.7. The quantitative estimate of drug-likeness (QED) is 0.736. The van der Waals surface area contributed by atoms with Crippen molar-refractivity contribution in [2.75, 3.05) is 27.2 Å². The van der Waals surface area contributed by atoms with Gasteiger partial charge in [-0.05, 0) is 64.6 Å². The fourth-order valence-corrected chi connectivity index (χ4v) is 5.20. The van der Waals surface area contributed by atoms with E-state index in [1.165, 1.54) is 5.56 Å². The molecule has 1 spiro atoms. The first-order valence-corrected chi connectivity index (χ1v) is 10.6. The summed E-state index contributed by atoms with van der Waals surface area (Å²) in [7, 11) is 4.29. The summed E-state index contributed by atoms with van der Waals surface area (Å²) in [6.07, 6.45) is 4.74. The maximum absolute atomic E-state index is 12.7. The van der Waals surface area contributed by atoms with E-state index in [0.717, 1.165) is 25.7 Å². The third kappa shape index (κ3) is 4.38. The molecule has 2 fully saturated rings. The summed E-state index contributed by atoms with van der Waals surface area (Å²) >= 11 is 0. The molecule has 29 heavy (non-hydrogen) atoms. The van der Waals surface area contributed by atoms with Crippen LogP contribution in [0.25, 0.3) is 0 Å². The third-order valence-electron chi connectivity index (χ3n) is 7.02. The second-order valence-corrected chi connectivity index (χ2v) is 9.93. The number of hydrogen-bond acceptors (Lipinski definition) is 4. The molecule has 1 aromatic carbocycles. The Bertz CT molecular complexity index is 799. The van der Waals surface area contributed by atoms with Crippen LogP contribution in [-0.2, 0) is 15.1 Å². The summed E-state index contributed by atoms with van der Waals surface area (Å²) in [5, 5.41) is 9.16. The number of carbonyl (C=O) groups is 2. The zero-order valence-corrected chi connectivity index (χ0v) is 18.2. The van der Waals surface area contributed by atoms with E-state index < -0.39 is 5.41 Å². The summed E-state index contributed by atoms with van der Waals surface area (Å²) in [5.74, 6) is 0.0647. The number of hydrogen-bond donors (Lipinski definition) is 0. The lowest BCUT2D eigenvalue weighted by Gasteiger charge is -2.48. The fourth-order valence-electron chi connectivity index (χ4n) is 5.20. The number of ketones is 1. The van der Waals surface area contributed by atoms with Gasteiger partial charge in [-0.3, -0.25) is 14.5 Å². The minimum atomic E-state index is -0.677. The highest BCUT2D eigenvalue weighted by Crippen LogP contribution is 2.52. The Morgan fingerprint density at radius 3 is 2.34 bits per heavy atom. The van der Waals surface area contributed by atoms with E-state index in [1.54, 1.807) is 18.7 Å². The summed E-state index contributed by atoms with van der Waals surface area (Å²) in [6, 6.07) is 12.8. The van der Waals surface area contributed by atoms with Gasteiger partial charge in [-0.15, -0.1) is 0 Å². The van der Waals surface area contributed by atoms with Crippen molar-refractivity contribution in [1.82, 2.24) is 9.80 Å². The highest BCUT2D eigenvalue weighted by atomic mass is 16.2. The third-order valence-corrected chi connectivity index (χ3v) is 7.02. The molecule has 156 valence electrons. The fraction of sp³-hybridized carbons (Fsp3) is 0.625. The van der Waals surface area contributed by atoms with Crippen LogP contribution in [-0.4, -0.2) is 48.7 Å². The first-order chi connectivity index (χ1) is 13.6. The van der Waals surface area contributed by atoms with E-state index in [4.69, 9.17) is 5.26 Å². The molecule has 0 bridgehead atoms. The molecule has 3 rings (SSSR count). The SMILES string of the molecule is CN(C)C1(c2ccccc2)CCC2(CC1)CC(=O)N(CC(=O)CC(C)(C)C#N)C2. The molecule has 5 nitrogen and oxygen atoms in total. The Balaban J connectivity index is 1.67. The second kappa shape index (κ2) is 7.91. The summed E-state index contributed by atoms with van der Waals surface area (Å²) in [5.41, 5.74) is 0.657. The summed E-state index contributed by atoms with van der Waals surface area (Å²) in [4.78, 5) is 29.2. The van der Waals surface area contributed by atoms with Gasteiger partial charge >= 0.3 is 0 Å². The number of nitrogens with zero attached hydrogens (tertiary/aromatic N) is 3. The van der Waals surface area contributed by atoms with Gasteiger partial charge in [-0.2, -0.15) is 5.26 Å². The molecule has 1 aromatic rings. The Labute approximate surface area is 174 Å². The van der Waals surface area contributed by atoms with E-state index in [0.29, 0.717) is 13.0 Å². The molecule has 1 heterocycles. The predicted octanol–water partition coefficient (Wildman–Crippen LogP) is 3.75. The molecule has 0 N–H and O–H groups in total. The van der Waals surface area contributed by atoms with Crippen molar-refractivity contribution >= 4 is 11.7 Å². The van der Waals surface area contributed by atoms with Crippen LogP contribution < -0.4 is 0 Å². The molecule has 1 saturated carbocycles. The number of rotatable bonds is 6. The monoisotopic (exact) mass is 395 g/mol. The Hall–Kier alpha value is -2.19. The Kier molecular flexibility index (Phi) is 5.87. The van der Waals surface area contributed by atoms with E-state index in [-0.39, 0.29) is 35.6 Å². The Morgan fingerprint density at radius 1 is 1.17 bits per heavy atom. The van der Waals surface area contributed by atoms with Crippen molar-refractivity contribution in [1.29, 1.82) is 5.26 Å². The van der Waals surface area contributed by atoms with Gasteiger partial charge in [-0.1, -0.05) is 30.3 Å². The molecule has 0 radical (unpaired) electrons. The van der Waals surface area contributed by atoms with Crippen molar-refractivity contribution in [3.63, 3.8) is 0 Å². The molecule has 1 saturated heterocycles. The number of likely N-dealkylation sites (tertiary alicyclic amines) is 1. The van der Waals surface area contributed by atoms with Crippen LogP contribution in [0.3, 0.4) is 0 Å². The highest BCUT2D eigenvalue weighted by molar-refractivity contribution is 5.88. The van der Waals surface area contributed by atoms with Gasteiger partial charge < -0.3 is 4.90 Å². The first kappa shape index (κ1) is 21.5. The summed E-state index contributed by atoms with van der Waals surface area (Å²) < 4.78 is 0. The topological polar surface area (TPSA) is 64.4 Å². The molecular weight excluding hydrogens is 362 g/mol. The molecule has 0 unspecified atom stereocenters. The number of carbonyl (C=O) groups excluding carboxylic acids is 2. The summed E-state index contributed by atoms with van der Waals surface area (Å²) in [6.45, 7) is 4.35. The normalized spacial score (nSPS) is 27.4. The number of nitriles is 1. The Morgan fingerprint density at radius 2 is 1.79 bits per heavy atom. The van der Waals surface area contributed by atoms with Gasteiger partial charge in [0.2, 0.25) is 5.91 Å². The van der Waals surface area contributed by atoms with E-state index in [2.05, 4.69) is 55.4 Å². The molecule has 1 aliphatic carbocycles. The first-order valence-electron chi connectivity index (χ1n) is 10.6. The second-order valence-electron chi connectivity index (χ2n) is 9.93. The molecule has 2 aliphatic rings. The van der Waals surface area contributed by atoms with Crippen molar-refractivity contribution in [3.8, 4) is 6.07 Å². The van der Waals surface area contributed by atoms with Crippen molar-refractivity contribution < 1.29 is 9.59 Å². The van der Waals surface area contributed by atoms with Crippen LogP contribution in [0.1, 0.15) is 57.9 Å². The zero-order valence-electron chi connectivity index (χ0n) is 18.2. The van der Waals surface area contributed by atoms with Crippen LogP contribution in [0.4, 0.5) is 0 Å². The van der Waals surface area contributed by atoms with Gasteiger partial charge in [0, 0.05) is 24.9 Å². The average molecular weight is 396 g/mol. The standard InChI is InChI=1S/C24H33N3O2/c1-22(2,17-25)14-20(28)16-27-18-23(15-21(27)29)10-12-24(13-11-23,26(3)4)19-8-6-5-7-9-19/h5-9H,10-16,18H2,1-4H3. The van der Waals surface area contributed by atoms with E-state index in [9.17, 15) is 9.59 Å². The lowest BCUT2D eigenvalue weighted by Crippen LogP contribution is -2.47. The van der Waals surface area contributed by atoms with E-state index in [1.807, 2.05) is 0 Å². The van der Waals surface area contributed by atoms with Crippen LogP contribution in [0.15, 0.2) is 30.3 Å². The molecule has 5 heteroatoms. The smallest absolute Gasteiger partial charge is 0.223 e. The molecule has 0 aromatic heterocycles. The van der Waals surface area contributed by atoms with Crippen molar-refractivity contribution in [2.24, 2.45) is 10.8 Å². The largest absolute Gasteiger partial charge is 0.335 e. The lowest BCUT2D eigenvalue weighted by atomic mass is 9.64. The number of Topliss-reactive ketones (excluding diaryl/α,β-unsaturated/α-hetero) is 1. The van der Waals surface area contributed by atoms with Gasteiger partial charge in [0.25, 0.3) is 0 Å². The lowest BCUT2D eigenvalue weighted by molar-refractivity contribution is -0.132. The van der Waals surface area contributed by atoms with Crippen LogP contribution in [0.5, 0.6) is 0 Å². The van der Waals surface area contributed by atoms with Crippen LogP contribution in [0.2, 0.25) is 0 Å². The molecule has 1 amide bonds. The predicted molar refractivity (Wildman–Crippen MR) is 113 cm³/mol. The maximum Gasteiger partial charge on any atom is 0.223 e. The van der Waals surface area contributed by atoms with Gasteiger partial charge in [-0.25, -0.2) is 0 Å².